The van der Waals surface area contributed by atoms with Gasteiger partial charge in [0.05, 0.1) is 7.11 Å². The second-order valence-electron chi connectivity index (χ2n) is 4.18. The number of carbonyl (C=O) groups excluding carboxylic acids is 1. The number of methoxy groups -OCH3 is 1. The molecule has 0 aliphatic rings. The molecule has 0 aliphatic heterocycles. The zero-order chi connectivity index (χ0) is 11.1. The van der Waals surface area contributed by atoms with Crippen LogP contribution in [0.2, 0.25) is 0 Å². The van der Waals surface area contributed by atoms with Gasteiger partial charge in [0.15, 0.2) is 0 Å². The SMILES string of the molecule is CCC(C)NC(CC(C)C)C(=O)OC. The molecule has 0 saturated heterocycles. The minimum atomic E-state index is -0.157. The van der Waals surface area contributed by atoms with E-state index in [1.165, 1.54) is 7.11 Å². The maximum atomic E-state index is 11.4. The van der Waals surface area contributed by atoms with Gasteiger partial charge in [-0.15, -0.1) is 0 Å². The lowest BCUT2D eigenvalue weighted by Gasteiger charge is -2.21. The molecule has 2 unspecified atom stereocenters. The molecule has 0 aromatic rings. The molecule has 14 heavy (non-hydrogen) atoms. The largest absolute Gasteiger partial charge is 0.468 e. The van der Waals surface area contributed by atoms with Crippen LogP contribution in [0.3, 0.4) is 0 Å². The van der Waals surface area contributed by atoms with Crippen molar-refractivity contribution in [1.29, 1.82) is 0 Å². The highest BCUT2D eigenvalue weighted by atomic mass is 16.5. The van der Waals surface area contributed by atoms with Gasteiger partial charge in [0.2, 0.25) is 0 Å². The van der Waals surface area contributed by atoms with Crippen molar-refractivity contribution in [3.63, 3.8) is 0 Å². The van der Waals surface area contributed by atoms with E-state index in [0.717, 1.165) is 12.8 Å². The Bertz CT molecular complexity index is 169. The number of hydrogen-bond acceptors (Lipinski definition) is 3. The normalized spacial score (nSPS) is 15.3. The molecule has 2 atom stereocenters. The van der Waals surface area contributed by atoms with Crippen LogP contribution in [0.25, 0.3) is 0 Å². The smallest absolute Gasteiger partial charge is 0.322 e. The van der Waals surface area contributed by atoms with Crippen molar-refractivity contribution in [1.82, 2.24) is 5.32 Å². The molecule has 0 aromatic heterocycles. The molecule has 1 N–H and O–H groups in total. The summed E-state index contributed by atoms with van der Waals surface area (Å²) in [6.45, 7) is 8.39. The Morgan fingerprint density at radius 3 is 2.29 bits per heavy atom. The Balaban J connectivity index is 4.17. The molecule has 0 radical (unpaired) electrons. The third-order valence-electron chi connectivity index (χ3n) is 2.29. The average molecular weight is 201 g/mol. The zero-order valence-electron chi connectivity index (χ0n) is 9.96. The third-order valence-corrected chi connectivity index (χ3v) is 2.29. The third kappa shape index (κ3) is 5.22. The minimum Gasteiger partial charge on any atom is -0.468 e. The molecule has 0 saturated carbocycles. The molecule has 0 rings (SSSR count). The summed E-state index contributed by atoms with van der Waals surface area (Å²) in [5.74, 6) is 0.342. The van der Waals surface area contributed by atoms with E-state index in [2.05, 4.69) is 33.0 Å². The van der Waals surface area contributed by atoms with Crippen molar-refractivity contribution in [2.45, 2.75) is 52.6 Å². The lowest BCUT2D eigenvalue weighted by Crippen LogP contribution is -2.43. The highest BCUT2D eigenvalue weighted by Crippen LogP contribution is 2.07. The van der Waals surface area contributed by atoms with E-state index >= 15 is 0 Å². The second-order valence-corrected chi connectivity index (χ2v) is 4.18. The molecule has 0 bridgehead atoms. The fourth-order valence-corrected chi connectivity index (χ4v) is 1.31. The lowest BCUT2D eigenvalue weighted by atomic mass is 10.0. The Labute approximate surface area is 87.2 Å². The Morgan fingerprint density at radius 2 is 1.93 bits per heavy atom. The van der Waals surface area contributed by atoms with Gasteiger partial charge in [-0.1, -0.05) is 20.8 Å². The van der Waals surface area contributed by atoms with Crippen LogP contribution in [0.1, 0.15) is 40.5 Å². The highest BCUT2D eigenvalue weighted by molar-refractivity contribution is 5.75. The molecule has 0 heterocycles. The summed E-state index contributed by atoms with van der Waals surface area (Å²) >= 11 is 0. The number of esters is 1. The van der Waals surface area contributed by atoms with Gasteiger partial charge in [0.1, 0.15) is 6.04 Å². The van der Waals surface area contributed by atoms with Crippen molar-refractivity contribution >= 4 is 5.97 Å². The van der Waals surface area contributed by atoms with Crippen molar-refractivity contribution in [3.8, 4) is 0 Å². The number of ether oxygens (including phenoxy) is 1. The summed E-state index contributed by atoms with van der Waals surface area (Å²) in [5.41, 5.74) is 0. The Morgan fingerprint density at radius 1 is 1.36 bits per heavy atom. The van der Waals surface area contributed by atoms with E-state index < -0.39 is 0 Å². The minimum absolute atomic E-state index is 0.154. The fourth-order valence-electron chi connectivity index (χ4n) is 1.31. The van der Waals surface area contributed by atoms with Gasteiger partial charge in [-0.25, -0.2) is 0 Å². The van der Waals surface area contributed by atoms with Crippen molar-refractivity contribution in [2.24, 2.45) is 5.92 Å². The van der Waals surface area contributed by atoms with Gasteiger partial charge < -0.3 is 10.1 Å². The molecule has 84 valence electrons. The molecule has 0 spiro atoms. The monoisotopic (exact) mass is 201 g/mol. The molecule has 0 amide bonds. The van der Waals surface area contributed by atoms with Crippen LogP contribution >= 0.6 is 0 Å². The molecule has 0 fully saturated rings. The first-order chi connectivity index (χ1) is 6.51. The van der Waals surface area contributed by atoms with Gasteiger partial charge in [0.25, 0.3) is 0 Å². The summed E-state index contributed by atoms with van der Waals surface area (Å²) in [4.78, 5) is 11.4. The molecule has 0 aliphatic carbocycles. The number of hydrogen-bond donors (Lipinski definition) is 1. The van der Waals surface area contributed by atoms with Gasteiger partial charge >= 0.3 is 5.97 Å². The van der Waals surface area contributed by atoms with Gasteiger partial charge in [-0.3, -0.25) is 4.79 Å². The maximum Gasteiger partial charge on any atom is 0.322 e. The summed E-state index contributed by atoms with van der Waals surface area (Å²) in [6, 6.07) is 0.202. The second kappa shape index (κ2) is 6.82. The van der Waals surface area contributed by atoms with Gasteiger partial charge in [0, 0.05) is 6.04 Å². The first kappa shape index (κ1) is 13.4. The predicted molar refractivity (Wildman–Crippen MR) is 58.1 cm³/mol. The lowest BCUT2D eigenvalue weighted by molar-refractivity contribution is -0.143. The topological polar surface area (TPSA) is 38.3 Å². The summed E-state index contributed by atoms with van der Waals surface area (Å²) in [6.07, 6.45) is 1.85. The zero-order valence-corrected chi connectivity index (χ0v) is 9.96. The predicted octanol–water partition coefficient (Wildman–Crippen LogP) is 1.96. The molecular formula is C11H23NO2. The van der Waals surface area contributed by atoms with E-state index in [9.17, 15) is 4.79 Å². The standard InChI is InChI=1S/C11H23NO2/c1-6-9(4)12-10(7-8(2)3)11(13)14-5/h8-10,12H,6-7H2,1-5H3. The van der Waals surface area contributed by atoms with Crippen LogP contribution in [0.4, 0.5) is 0 Å². The molecular weight excluding hydrogens is 178 g/mol. The van der Waals surface area contributed by atoms with Crippen LogP contribution in [0, 0.1) is 5.92 Å². The van der Waals surface area contributed by atoms with Crippen LogP contribution in [-0.2, 0) is 9.53 Å². The van der Waals surface area contributed by atoms with Crippen LogP contribution in [-0.4, -0.2) is 25.2 Å². The van der Waals surface area contributed by atoms with Crippen LogP contribution in [0.15, 0.2) is 0 Å². The average Bonchev–Trinajstić information content (AvgIpc) is 2.14. The van der Waals surface area contributed by atoms with E-state index in [0.29, 0.717) is 12.0 Å². The van der Waals surface area contributed by atoms with Crippen LogP contribution < -0.4 is 5.32 Å². The van der Waals surface area contributed by atoms with E-state index in [1.807, 2.05) is 0 Å². The summed E-state index contributed by atoms with van der Waals surface area (Å²) < 4.78 is 4.76. The first-order valence-corrected chi connectivity index (χ1v) is 5.35. The molecule has 0 aromatic carbocycles. The summed E-state index contributed by atoms with van der Waals surface area (Å²) in [5, 5.41) is 3.27. The fraction of sp³-hybridized carbons (Fsp3) is 0.909. The summed E-state index contributed by atoms with van der Waals surface area (Å²) in [7, 11) is 1.44. The Hall–Kier alpha value is -0.570. The van der Waals surface area contributed by atoms with Gasteiger partial charge in [-0.2, -0.15) is 0 Å². The number of rotatable bonds is 6. The number of nitrogens with one attached hydrogen (secondary N) is 1. The first-order valence-electron chi connectivity index (χ1n) is 5.35. The van der Waals surface area contributed by atoms with Crippen molar-refractivity contribution in [3.05, 3.63) is 0 Å². The Kier molecular flexibility index (Phi) is 6.54. The van der Waals surface area contributed by atoms with Crippen molar-refractivity contribution in [2.75, 3.05) is 7.11 Å². The van der Waals surface area contributed by atoms with E-state index in [-0.39, 0.29) is 12.0 Å². The quantitative estimate of drug-likeness (QED) is 0.668. The number of carbonyl (C=O) groups is 1. The van der Waals surface area contributed by atoms with E-state index in [1.54, 1.807) is 0 Å². The van der Waals surface area contributed by atoms with Gasteiger partial charge in [-0.05, 0) is 25.7 Å². The van der Waals surface area contributed by atoms with Crippen molar-refractivity contribution < 1.29 is 9.53 Å². The molecule has 3 nitrogen and oxygen atoms in total. The van der Waals surface area contributed by atoms with Crippen LogP contribution in [0.5, 0.6) is 0 Å². The highest BCUT2D eigenvalue weighted by Gasteiger charge is 2.21. The molecule has 3 heteroatoms. The van der Waals surface area contributed by atoms with E-state index in [4.69, 9.17) is 4.74 Å². The maximum absolute atomic E-state index is 11.4.